The second-order valence-corrected chi connectivity index (χ2v) is 10.4. The van der Waals surface area contributed by atoms with Gasteiger partial charge in [0.15, 0.2) is 5.70 Å². The molecule has 3 aromatic rings. The molecule has 0 N–H and O–H groups in total. The number of carbonyl (C=O) groups is 1. The summed E-state index contributed by atoms with van der Waals surface area (Å²) in [4.78, 5) is 16.7. The minimum Gasteiger partial charge on any atom is -0.486 e. The van der Waals surface area contributed by atoms with Gasteiger partial charge in [-0.1, -0.05) is 41.4 Å². The molecule has 0 fully saturated rings. The number of hydrogen-bond donors (Lipinski definition) is 0. The standard InChI is InChI=1S/C23H12Br2Cl2INO3/c24-16-7-12(8-17(25)21(16)31-11-13-3-1-2-4-19(13)28)9-20-23(30)32-22(29-20)15-6-5-14(26)10-18(15)27/h1-10H,11H2/b20-9-. The van der Waals surface area contributed by atoms with Gasteiger partial charge in [-0.25, -0.2) is 9.79 Å². The minimum atomic E-state index is -0.558. The van der Waals surface area contributed by atoms with Gasteiger partial charge in [-0.3, -0.25) is 0 Å². The molecule has 0 radical (unpaired) electrons. The molecule has 4 nitrogen and oxygen atoms in total. The zero-order valence-electron chi connectivity index (χ0n) is 16.0. The van der Waals surface area contributed by atoms with E-state index in [4.69, 9.17) is 32.7 Å². The lowest BCUT2D eigenvalue weighted by Gasteiger charge is -2.12. The SMILES string of the molecule is O=C1OC(c2ccc(Cl)cc2Cl)=N/C1=C\c1cc(Br)c(OCc2ccccc2I)c(Br)c1. The number of ether oxygens (including phenoxy) is 2. The average Bonchev–Trinajstić information content (AvgIpc) is 3.08. The van der Waals surface area contributed by atoms with Crippen molar-refractivity contribution in [2.45, 2.75) is 6.61 Å². The number of benzene rings is 3. The summed E-state index contributed by atoms with van der Waals surface area (Å²) in [7, 11) is 0. The highest BCUT2D eigenvalue weighted by atomic mass is 127. The molecule has 0 saturated carbocycles. The van der Waals surface area contributed by atoms with Gasteiger partial charge in [-0.2, -0.15) is 0 Å². The minimum absolute atomic E-state index is 0.137. The van der Waals surface area contributed by atoms with Crippen LogP contribution in [0.1, 0.15) is 16.7 Å². The molecule has 32 heavy (non-hydrogen) atoms. The third-order valence-corrected chi connectivity index (χ3v) is 7.21. The molecule has 1 aliphatic rings. The van der Waals surface area contributed by atoms with Crippen molar-refractivity contribution in [1.29, 1.82) is 0 Å². The molecule has 1 aliphatic heterocycles. The van der Waals surface area contributed by atoms with Crippen molar-refractivity contribution in [2.75, 3.05) is 0 Å². The molecular weight excluding hydrogens is 696 g/mol. The number of rotatable bonds is 5. The molecule has 0 bridgehead atoms. The Hall–Kier alpha value is -1.39. The van der Waals surface area contributed by atoms with Crippen LogP contribution in [-0.4, -0.2) is 11.9 Å². The smallest absolute Gasteiger partial charge is 0.363 e. The lowest BCUT2D eigenvalue weighted by Crippen LogP contribution is -2.05. The lowest BCUT2D eigenvalue weighted by molar-refractivity contribution is -0.129. The molecule has 0 aromatic heterocycles. The highest BCUT2D eigenvalue weighted by Gasteiger charge is 2.26. The molecule has 162 valence electrons. The summed E-state index contributed by atoms with van der Waals surface area (Å²) in [5.41, 5.74) is 2.49. The summed E-state index contributed by atoms with van der Waals surface area (Å²) in [5, 5.41) is 0.837. The van der Waals surface area contributed by atoms with E-state index >= 15 is 0 Å². The number of hydrogen-bond acceptors (Lipinski definition) is 4. The van der Waals surface area contributed by atoms with Crippen molar-refractivity contribution in [2.24, 2.45) is 4.99 Å². The van der Waals surface area contributed by atoms with Crippen LogP contribution in [0.15, 0.2) is 74.2 Å². The maximum atomic E-state index is 12.3. The average molecular weight is 708 g/mol. The molecule has 0 aliphatic carbocycles. The fourth-order valence-corrected chi connectivity index (χ4v) is 5.39. The van der Waals surface area contributed by atoms with Crippen LogP contribution in [0.5, 0.6) is 5.75 Å². The van der Waals surface area contributed by atoms with Gasteiger partial charge >= 0.3 is 5.97 Å². The van der Waals surface area contributed by atoms with Crippen molar-refractivity contribution in [3.8, 4) is 5.75 Å². The Morgan fingerprint density at radius 2 is 1.78 bits per heavy atom. The van der Waals surface area contributed by atoms with E-state index in [1.807, 2.05) is 36.4 Å². The van der Waals surface area contributed by atoms with Gasteiger partial charge in [-0.15, -0.1) is 0 Å². The van der Waals surface area contributed by atoms with E-state index in [1.165, 1.54) is 0 Å². The maximum absolute atomic E-state index is 12.3. The van der Waals surface area contributed by atoms with Crippen molar-refractivity contribution in [3.05, 3.63) is 99.5 Å². The van der Waals surface area contributed by atoms with Crippen molar-refractivity contribution >= 4 is 95.6 Å². The Balaban J connectivity index is 1.58. The van der Waals surface area contributed by atoms with E-state index in [0.717, 1.165) is 23.6 Å². The number of aliphatic imine (C=N–C) groups is 1. The van der Waals surface area contributed by atoms with E-state index < -0.39 is 5.97 Å². The van der Waals surface area contributed by atoms with Crippen LogP contribution >= 0.6 is 77.7 Å². The molecule has 0 spiro atoms. The molecule has 3 aromatic carbocycles. The molecule has 0 saturated heterocycles. The number of nitrogens with zero attached hydrogens (tertiary/aromatic N) is 1. The molecule has 0 unspecified atom stereocenters. The van der Waals surface area contributed by atoms with E-state index in [9.17, 15) is 4.79 Å². The zero-order valence-corrected chi connectivity index (χ0v) is 22.9. The topological polar surface area (TPSA) is 47.9 Å². The van der Waals surface area contributed by atoms with Gasteiger partial charge in [-0.05, 0) is 102 Å². The van der Waals surface area contributed by atoms with Gasteiger partial charge in [0.05, 0.1) is 19.5 Å². The summed E-state index contributed by atoms with van der Waals surface area (Å²) in [6.07, 6.45) is 1.64. The molecule has 1 heterocycles. The number of esters is 1. The van der Waals surface area contributed by atoms with Gasteiger partial charge in [0.1, 0.15) is 12.4 Å². The van der Waals surface area contributed by atoms with Crippen LogP contribution in [0.4, 0.5) is 0 Å². The largest absolute Gasteiger partial charge is 0.486 e. The Kier molecular flexibility index (Phi) is 7.62. The summed E-state index contributed by atoms with van der Waals surface area (Å²) in [6.45, 7) is 0.429. The van der Waals surface area contributed by atoms with E-state index in [-0.39, 0.29) is 11.6 Å². The summed E-state index contributed by atoms with van der Waals surface area (Å²) >= 11 is 21.5. The van der Waals surface area contributed by atoms with Crippen LogP contribution in [0.3, 0.4) is 0 Å². The highest BCUT2D eigenvalue weighted by Crippen LogP contribution is 2.36. The summed E-state index contributed by atoms with van der Waals surface area (Å²) in [5.74, 6) is 0.244. The summed E-state index contributed by atoms with van der Waals surface area (Å²) in [6, 6.07) is 16.6. The first-order valence-electron chi connectivity index (χ1n) is 9.15. The van der Waals surface area contributed by atoms with E-state index in [0.29, 0.717) is 28.0 Å². The second-order valence-electron chi connectivity index (χ2n) is 6.65. The van der Waals surface area contributed by atoms with Gasteiger partial charge in [0.2, 0.25) is 5.90 Å². The second kappa shape index (κ2) is 10.3. The third-order valence-electron chi connectivity index (χ3n) is 4.44. The number of halogens is 5. The molecule has 0 amide bonds. The lowest BCUT2D eigenvalue weighted by atomic mass is 10.2. The molecule has 9 heteroatoms. The van der Waals surface area contributed by atoms with Crippen molar-refractivity contribution in [3.63, 3.8) is 0 Å². The fraction of sp³-hybridized carbons (Fsp3) is 0.0435. The van der Waals surface area contributed by atoms with Crippen LogP contribution in [0.2, 0.25) is 10.0 Å². The molecular formula is C23H12Br2Cl2INO3. The van der Waals surface area contributed by atoms with E-state index in [2.05, 4.69) is 59.4 Å². The van der Waals surface area contributed by atoms with Gasteiger partial charge in [0, 0.05) is 14.2 Å². The van der Waals surface area contributed by atoms with Crippen molar-refractivity contribution < 1.29 is 14.3 Å². The molecule has 4 rings (SSSR count). The quantitative estimate of drug-likeness (QED) is 0.153. The molecule has 0 atom stereocenters. The summed E-state index contributed by atoms with van der Waals surface area (Å²) < 4.78 is 13.9. The maximum Gasteiger partial charge on any atom is 0.363 e. The predicted molar refractivity (Wildman–Crippen MR) is 142 cm³/mol. The van der Waals surface area contributed by atoms with Crippen LogP contribution < -0.4 is 4.74 Å². The Morgan fingerprint density at radius 1 is 1.06 bits per heavy atom. The van der Waals surface area contributed by atoms with E-state index in [1.54, 1.807) is 24.3 Å². The highest BCUT2D eigenvalue weighted by molar-refractivity contribution is 14.1. The first-order chi connectivity index (χ1) is 15.3. The van der Waals surface area contributed by atoms with Crippen LogP contribution in [0, 0.1) is 3.57 Å². The first-order valence-corrected chi connectivity index (χ1v) is 12.6. The van der Waals surface area contributed by atoms with Gasteiger partial charge in [0.25, 0.3) is 0 Å². The Morgan fingerprint density at radius 3 is 2.47 bits per heavy atom. The van der Waals surface area contributed by atoms with Gasteiger partial charge < -0.3 is 9.47 Å². The fourth-order valence-electron chi connectivity index (χ4n) is 2.91. The Labute approximate surface area is 225 Å². The van der Waals surface area contributed by atoms with Crippen LogP contribution in [0.25, 0.3) is 6.08 Å². The third kappa shape index (κ3) is 5.39. The Bertz CT molecular complexity index is 1270. The van der Waals surface area contributed by atoms with Crippen molar-refractivity contribution in [1.82, 2.24) is 0 Å². The number of carbonyl (C=O) groups excluding carboxylic acids is 1. The van der Waals surface area contributed by atoms with Crippen LogP contribution in [-0.2, 0) is 16.1 Å². The zero-order chi connectivity index (χ0) is 22.8. The normalized spacial score (nSPS) is 14.5. The first kappa shape index (κ1) is 23.8. The monoisotopic (exact) mass is 705 g/mol. The predicted octanol–water partition coefficient (Wildman–Crippen LogP) is 8.05. The number of cyclic esters (lactones) is 1.